The van der Waals surface area contributed by atoms with Crippen LogP contribution in [0.4, 0.5) is 0 Å². The Balaban J connectivity index is 2.34. The van der Waals surface area contributed by atoms with Crippen molar-refractivity contribution in [3.05, 3.63) is 0 Å². The molecule has 0 saturated heterocycles. The van der Waals surface area contributed by atoms with E-state index < -0.39 is 5.97 Å². The van der Waals surface area contributed by atoms with Gasteiger partial charge < -0.3 is 10.0 Å². The zero-order valence-corrected chi connectivity index (χ0v) is 11.3. The zero-order valence-electron chi connectivity index (χ0n) is 10.5. The molecule has 1 aliphatic rings. The minimum absolute atomic E-state index is 0.00110. The largest absolute Gasteiger partial charge is 0.481 e. The van der Waals surface area contributed by atoms with Gasteiger partial charge in [-0.15, -0.1) is 11.8 Å². The lowest BCUT2D eigenvalue weighted by Gasteiger charge is -2.34. The molecule has 1 saturated carbocycles. The molecule has 0 unspecified atom stereocenters. The smallest absolute Gasteiger partial charge is 0.313 e. The van der Waals surface area contributed by atoms with Gasteiger partial charge in [0.25, 0.3) is 0 Å². The van der Waals surface area contributed by atoms with E-state index in [1.54, 1.807) is 0 Å². The molecule has 1 fully saturated rings. The summed E-state index contributed by atoms with van der Waals surface area (Å²) in [5.74, 6) is 0.139. The van der Waals surface area contributed by atoms with Gasteiger partial charge in [-0.2, -0.15) is 0 Å². The van der Waals surface area contributed by atoms with E-state index in [-0.39, 0.29) is 23.5 Å². The summed E-state index contributed by atoms with van der Waals surface area (Å²) in [5, 5.41) is 8.52. The van der Waals surface area contributed by atoms with Crippen LogP contribution in [-0.2, 0) is 9.59 Å². The van der Waals surface area contributed by atoms with E-state index in [4.69, 9.17) is 5.11 Å². The number of carbonyl (C=O) groups is 2. The first-order chi connectivity index (χ1) is 8.00. The molecule has 0 atom stereocenters. The third-order valence-electron chi connectivity index (χ3n) is 3.07. The van der Waals surface area contributed by atoms with Crippen LogP contribution in [0.15, 0.2) is 0 Å². The fourth-order valence-corrected chi connectivity index (χ4v) is 2.48. The fourth-order valence-electron chi connectivity index (χ4n) is 1.86. The van der Waals surface area contributed by atoms with Crippen molar-refractivity contribution in [1.82, 2.24) is 4.90 Å². The van der Waals surface area contributed by atoms with Crippen LogP contribution < -0.4 is 0 Å². The first-order valence-corrected chi connectivity index (χ1v) is 7.25. The molecule has 17 heavy (non-hydrogen) atoms. The molecule has 1 rings (SSSR count). The van der Waals surface area contributed by atoms with Crippen molar-refractivity contribution in [2.24, 2.45) is 5.92 Å². The second kappa shape index (κ2) is 6.89. The van der Waals surface area contributed by atoms with Crippen LogP contribution >= 0.6 is 11.8 Å². The molecule has 5 heteroatoms. The summed E-state index contributed by atoms with van der Waals surface area (Å²) >= 11 is 1.18. The van der Waals surface area contributed by atoms with Crippen molar-refractivity contribution in [2.75, 3.05) is 18.1 Å². The van der Waals surface area contributed by atoms with E-state index in [9.17, 15) is 9.59 Å². The highest BCUT2D eigenvalue weighted by molar-refractivity contribution is 8.00. The number of hydrogen-bond acceptors (Lipinski definition) is 3. The molecule has 1 amide bonds. The summed E-state index contributed by atoms with van der Waals surface area (Å²) in [6.07, 6.45) is 3.72. The highest BCUT2D eigenvalue weighted by Gasteiger charge is 2.25. The maximum absolute atomic E-state index is 12.0. The zero-order chi connectivity index (χ0) is 12.8. The van der Waals surface area contributed by atoms with Crippen LogP contribution in [-0.4, -0.2) is 46.0 Å². The van der Waals surface area contributed by atoms with Crippen LogP contribution in [0.1, 0.15) is 33.1 Å². The van der Waals surface area contributed by atoms with E-state index in [1.165, 1.54) is 31.0 Å². The molecular weight excluding hydrogens is 238 g/mol. The lowest BCUT2D eigenvalue weighted by molar-refractivity contribution is -0.133. The van der Waals surface area contributed by atoms with Gasteiger partial charge in [0.05, 0.1) is 11.5 Å². The Labute approximate surface area is 107 Å². The number of aliphatic carboxylic acids is 1. The lowest BCUT2D eigenvalue weighted by Crippen LogP contribution is -2.42. The number of thioether (sulfide) groups is 1. The summed E-state index contributed by atoms with van der Waals surface area (Å²) < 4.78 is 0. The van der Waals surface area contributed by atoms with Gasteiger partial charge in [0.2, 0.25) is 5.91 Å². The van der Waals surface area contributed by atoms with Crippen molar-refractivity contribution in [3.63, 3.8) is 0 Å². The van der Waals surface area contributed by atoms with Crippen LogP contribution in [0.2, 0.25) is 0 Å². The Hall–Kier alpha value is -0.710. The van der Waals surface area contributed by atoms with Gasteiger partial charge in [0.1, 0.15) is 0 Å². The number of nitrogens with zero attached hydrogens (tertiary/aromatic N) is 1. The topological polar surface area (TPSA) is 57.6 Å². The minimum Gasteiger partial charge on any atom is -0.481 e. The molecule has 0 aliphatic heterocycles. The average molecular weight is 259 g/mol. The quantitative estimate of drug-likeness (QED) is 0.758. The summed E-state index contributed by atoms with van der Waals surface area (Å²) in [5.41, 5.74) is 0. The number of carboxylic acid groups (broad SMARTS) is 1. The van der Waals surface area contributed by atoms with E-state index in [1.807, 2.05) is 18.7 Å². The Bertz CT molecular complexity index is 277. The van der Waals surface area contributed by atoms with Crippen molar-refractivity contribution in [2.45, 2.75) is 39.2 Å². The van der Waals surface area contributed by atoms with Gasteiger partial charge in [0.15, 0.2) is 0 Å². The molecule has 0 heterocycles. The van der Waals surface area contributed by atoms with Gasteiger partial charge in [0, 0.05) is 12.6 Å². The van der Waals surface area contributed by atoms with Crippen LogP contribution in [0, 0.1) is 5.92 Å². The minimum atomic E-state index is -0.863. The lowest BCUT2D eigenvalue weighted by atomic mass is 9.85. The highest BCUT2D eigenvalue weighted by atomic mass is 32.2. The van der Waals surface area contributed by atoms with Crippen molar-refractivity contribution in [3.8, 4) is 0 Å². The second-order valence-electron chi connectivity index (χ2n) is 4.82. The Morgan fingerprint density at radius 3 is 2.41 bits per heavy atom. The number of amides is 1. The summed E-state index contributed by atoms with van der Waals surface area (Å²) in [7, 11) is 0. The molecule has 1 N–H and O–H groups in total. The Morgan fingerprint density at radius 1 is 1.35 bits per heavy atom. The summed E-state index contributed by atoms with van der Waals surface area (Å²) in [6, 6.07) is 0.202. The van der Waals surface area contributed by atoms with E-state index in [0.29, 0.717) is 5.92 Å². The molecule has 0 aromatic rings. The Kier molecular flexibility index (Phi) is 5.82. The SMILES string of the molecule is CC(C)N(CC1CCC1)C(=O)CSCC(=O)O. The number of carbonyl (C=O) groups excluding carboxylic acids is 1. The van der Waals surface area contributed by atoms with Gasteiger partial charge in [-0.1, -0.05) is 6.42 Å². The van der Waals surface area contributed by atoms with Gasteiger partial charge >= 0.3 is 5.97 Å². The van der Waals surface area contributed by atoms with Gasteiger partial charge in [-0.05, 0) is 32.6 Å². The first kappa shape index (κ1) is 14.4. The predicted molar refractivity (Wildman–Crippen MR) is 69.2 cm³/mol. The second-order valence-corrected chi connectivity index (χ2v) is 5.81. The van der Waals surface area contributed by atoms with Crippen LogP contribution in [0.3, 0.4) is 0 Å². The average Bonchev–Trinajstić information content (AvgIpc) is 2.14. The standard InChI is InChI=1S/C12H21NO3S/c1-9(2)13(6-10-4-3-5-10)11(14)7-17-8-12(15)16/h9-10H,3-8H2,1-2H3,(H,15,16). The number of hydrogen-bond donors (Lipinski definition) is 1. The van der Waals surface area contributed by atoms with Gasteiger partial charge in [-0.25, -0.2) is 0 Å². The number of carboxylic acids is 1. The predicted octanol–water partition coefficient (Wildman–Crippen LogP) is 1.84. The fraction of sp³-hybridized carbons (Fsp3) is 0.833. The van der Waals surface area contributed by atoms with Crippen LogP contribution in [0.5, 0.6) is 0 Å². The van der Waals surface area contributed by atoms with Crippen LogP contribution in [0.25, 0.3) is 0 Å². The summed E-state index contributed by atoms with van der Waals surface area (Å²) in [4.78, 5) is 24.2. The molecule has 1 aliphatic carbocycles. The molecule has 0 aromatic carbocycles. The normalized spacial score (nSPS) is 15.7. The Morgan fingerprint density at radius 2 is 2.00 bits per heavy atom. The third kappa shape index (κ3) is 4.98. The number of rotatable bonds is 7. The van der Waals surface area contributed by atoms with E-state index in [2.05, 4.69) is 0 Å². The van der Waals surface area contributed by atoms with Gasteiger partial charge in [-0.3, -0.25) is 9.59 Å². The van der Waals surface area contributed by atoms with Crippen molar-refractivity contribution < 1.29 is 14.7 Å². The first-order valence-electron chi connectivity index (χ1n) is 6.09. The highest BCUT2D eigenvalue weighted by Crippen LogP contribution is 2.27. The van der Waals surface area contributed by atoms with Crippen molar-refractivity contribution >= 4 is 23.6 Å². The maximum atomic E-state index is 12.0. The van der Waals surface area contributed by atoms with E-state index >= 15 is 0 Å². The monoisotopic (exact) mass is 259 g/mol. The molecule has 4 nitrogen and oxygen atoms in total. The molecular formula is C12H21NO3S. The van der Waals surface area contributed by atoms with Crippen molar-refractivity contribution in [1.29, 1.82) is 0 Å². The molecule has 0 bridgehead atoms. The molecule has 0 radical (unpaired) electrons. The molecule has 0 spiro atoms. The van der Waals surface area contributed by atoms with E-state index in [0.717, 1.165) is 6.54 Å². The summed E-state index contributed by atoms with van der Waals surface area (Å²) in [6.45, 7) is 4.86. The maximum Gasteiger partial charge on any atom is 0.313 e. The molecule has 98 valence electrons. The third-order valence-corrected chi connectivity index (χ3v) is 3.98. The molecule has 0 aromatic heterocycles.